The van der Waals surface area contributed by atoms with Crippen LogP contribution in [0.1, 0.15) is 96.8 Å². The normalized spacial score (nSPS) is 11.1. The fraction of sp³-hybridized carbons (Fsp3) is 0.958. The number of hydrogen-bond acceptors (Lipinski definition) is 5. The lowest BCUT2D eigenvalue weighted by atomic mass is 10.0. The van der Waals surface area contributed by atoms with Gasteiger partial charge in [-0.1, -0.05) is 99.9 Å². The number of carbonyl (C=O) groups is 1. The monoisotopic (exact) mass is 494 g/mol. The first kappa shape index (κ1) is 29.8. The molecular weight excluding hydrogens is 448 g/mol. The van der Waals surface area contributed by atoms with Gasteiger partial charge in [0.25, 0.3) is 0 Å². The predicted molar refractivity (Wildman–Crippen MR) is 128 cm³/mol. The summed E-state index contributed by atoms with van der Waals surface area (Å²) in [5.74, 6) is -0.109. The second kappa shape index (κ2) is 26.9. The molecule has 0 saturated carbocycles. The molecule has 0 amide bonds. The molecule has 0 fully saturated rings. The Balaban J connectivity index is 3.13. The van der Waals surface area contributed by atoms with Crippen molar-refractivity contribution in [3.05, 3.63) is 0 Å². The lowest BCUT2D eigenvalue weighted by Gasteiger charge is -2.07. The van der Waals surface area contributed by atoms with Crippen LogP contribution in [-0.4, -0.2) is 57.5 Å². The van der Waals surface area contributed by atoms with Crippen LogP contribution in [0.5, 0.6) is 0 Å². The third-order valence-electron chi connectivity index (χ3n) is 4.94. The first-order valence-electron chi connectivity index (χ1n) is 12.3. The standard InChI is InChI=1S/C24H47BrO5/c1-2-3-4-5-6-7-8-9-10-11-12-13-14-15-24(26)30-23-22-29-21-20-28-19-18-27-17-16-25/h2-23H2,1H3. The number of unbranched alkanes of at least 4 members (excludes halogenated alkanes) is 12. The van der Waals surface area contributed by atoms with Crippen LogP contribution < -0.4 is 0 Å². The van der Waals surface area contributed by atoms with Crippen LogP contribution in [0.15, 0.2) is 0 Å². The SMILES string of the molecule is CCCCCCCCCCCCCCCC(=O)OCCOCCOCCOCCBr. The van der Waals surface area contributed by atoms with Crippen molar-refractivity contribution in [3.63, 3.8) is 0 Å². The van der Waals surface area contributed by atoms with Gasteiger partial charge in [0.1, 0.15) is 6.61 Å². The molecule has 0 saturated heterocycles. The summed E-state index contributed by atoms with van der Waals surface area (Å²) in [4.78, 5) is 11.7. The van der Waals surface area contributed by atoms with Crippen molar-refractivity contribution in [2.75, 3.05) is 51.6 Å². The van der Waals surface area contributed by atoms with Gasteiger partial charge in [-0.3, -0.25) is 4.79 Å². The quantitative estimate of drug-likeness (QED) is 0.0827. The molecule has 180 valence electrons. The molecule has 0 aliphatic carbocycles. The Hall–Kier alpha value is -0.170. The smallest absolute Gasteiger partial charge is 0.305 e. The van der Waals surface area contributed by atoms with Crippen LogP contribution in [0, 0.1) is 0 Å². The number of alkyl halides is 1. The van der Waals surface area contributed by atoms with Gasteiger partial charge in [-0.25, -0.2) is 0 Å². The molecular formula is C24H47BrO5. The van der Waals surface area contributed by atoms with E-state index in [1.165, 1.54) is 70.6 Å². The first-order valence-corrected chi connectivity index (χ1v) is 13.4. The zero-order valence-electron chi connectivity index (χ0n) is 19.5. The molecule has 0 radical (unpaired) electrons. The maximum absolute atomic E-state index is 11.7. The van der Waals surface area contributed by atoms with Gasteiger partial charge in [0.05, 0.1) is 39.6 Å². The predicted octanol–water partition coefficient (Wildman–Crippen LogP) is 6.46. The Bertz CT molecular complexity index is 342. The van der Waals surface area contributed by atoms with E-state index in [4.69, 9.17) is 18.9 Å². The first-order chi connectivity index (χ1) is 14.8. The Kier molecular flexibility index (Phi) is 26.7. The molecule has 0 N–H and O–H groups in total. The van der Waals surface area contributed by atoms with Crippen molar-refractivity contribution in [3.8, 4) is 0 Å². The third kappa shape index (κ3) is 25.9. The Morgan fingerprint density at radius 3 is 1.43 bits per heavy atom. The minimum atomic E-state index is -0.109. The molecule has 0 spiro atoms. The highest BCUT2D eigenvalue weighted by molar-refractivity contribution is 9.09. The number of rotatable bonds is 25. The average molecular weight is 496 g/mol. The molecule has 0 aromatic rings. The van der Waals surface area contributed by atoms with Crippen LogP contribution in [0.25, 0.3) is 0 Å². The van der Waals surface area contributed by atoms with E-state index in [0.29, 0.717) is 52.7 Å². The summed E-state index contributed by atoms with van der Waals surface area (Å²) in [6.45, 7) is 5.93. The van der Waals surface area contributed by atoms with Crippen LogP contribution in [0.2, 0.25) is 0 Å². The molecule has 0 unspecified atom stereocenters. The molecule has 0 rings (SSSR count). The molecule has 6 heteroatoms. The summed E-state index contributed by atoms with van der Waals surface area (Å²) in [7, 11) is 0. The highest BCUT2D eigenvalue weighted by atomic mass is 79.9. The number of halogens is 1. The molecule has 0 aliphatic heterocycles. The van der Waals surface area contributed by atoms with Crippen molar-refractivity contribution in [2.45, 2.75) is 96.8 Å². The van der Waals surface area contributed by atoms with Gasteiger partial charge in [0.2, 0.25) is 0 Å². The van der Waals surface area contributed by atoms with Gasteiger partial charge in [-0.05, 0) is 6.42 Å². The van der Waals surface area contributed by atoms with Gasteiger partial charge < -0.3 is 18.9 Å². The second-order valence-electron chi connectivity index (χ2n) is 7.74. The average Bonchev–Trinajstić information content (AvgIpc) is 2.75. The highest BCUT2D eigenvalue weighted by Gasteiger charge is 2.02. The van der Waals surface area contributed by atoms with Crippen LogP contribution in [-0.2, 0) is 23.7 Å². The highest BCUT2D eigenvalue weighted by Crippen LogP contribution is 2.13. The molecule has 0 aliphatic rings. The van der Waals surface area contributed by atoms with Crippen molar-refractivity contribution < 1.29 is 23.7 Å². The van der Waals surface area contributed by atoms with E-state index in [1.807, 2.05) is 0 Å². The number of esters is 1. The molecule has 30 heavy (non-hydrogen) atoms. The summed E-state index contributed by atoms with van der Waals surface area (Å²) in [5, 5.41) is 0.841. The minimum absolute atomic E-state index is 0.109. The van der Waals surface area contributed by atoms with E-state index in [2.05, 4.69) is 22.9 Å². The van der Waals surface area contributed by atoms with Crippen molar-refractivity contribution in [1.82, 2.24) is 0 Å². The van der Waals surface area contributed by atoms with Gasteiger partial charge in [-0.2, -0.15) is 0 Å². The van der Waals surface area contributed by atoms with Crippen LogP contribution in [0.4, 0.5) is 0 Å². The molecule has 0 bridgehead atoms. The van der Waals surface area contributed by atoms with E-state index in [-0.39, 0.29) is 5.97 Å². The number of ether oxygens (including phenoxy) is 4. The minimum Gasteiger partial charge on any atom is -0.463 e. The lowest BCUT2D eigenvalue weighted by molar-refractivity contribution is -0.145. The van der Waals surface area contributed by atoms with E-state index < -0.39 is 0 Å². The fourth-order valence-electron chi connectivity index (χ4n) is 3.17. The Morgan fingerprint density at radius 2 is 0.967 bits per heavy atom. The van der Waals surface area contributed by atoms with E-state index in [9.17, 15) is 4.79 Å². The Labute approximate surface area is 194 Å². The van der Waals surface area contributed by atoms with Gasteiger partial charge in [0.15, 0.2) is 0 Å². The topological polar surface area (TPSA) is 54.0 Å². The van der Waals surface area contributed by atoms with Crippen LogP contribution in [0.3, 0.4) is 0 Å². The summed E-state index contributed by atoms with van der Waals surface area (Å²) in [6, 6.07) is 0. The fourth-order valence-corrected chi connectivity index (χ4v) is 3.40. The maximum Gasteiger partial charge on any atom is 0.305 e. The lowest BCUT2D eigenvalue weighted by Crippen LogP contribution is -2.14. The second-order valence-corrected chi connectivity index (χ2v) is 8.53. The van der Waals surface area contributed by atoms with Gasteiger partial charge >= 0.3 is 5.97 Å². The van der Waals surface area contributed by atoms with Crippen molar-refractivity contribution in [2.24, 2.45) is 0 Å². The van der Waals surface area contributed by atoms with E-state index in [0.717, 1.165) is 18.2 Å². The largest absolute Gasteiger partial charge is 0.463 e. The van der Waals surface area contributed by atoms with E-state index >= 15 is 0 Å². The summed E-state index contributed by atoms with van der Waals surface area (Å²) in [5.41, 5.74) is 0. The molecule has 0 heterocycles. The summed E-state index contributed by atoms with van der Waals surface area (Å²) in [6.07, 6.45) is 17.6. The third-order valence-corrected chi connectivity index (χ3v) is 5.26. The summed E-state index contributed by atoms with van der Waals surface area (Å²) >= 11 is 3.30. The molecule has 0 aromatic carbocycles. The van der Waals surface area contributed by atoms with Gasteiger partial charge in [0, 0.05) is 11.8 Å². The Morgan fingerprint density at radius 1 is 0.567 bits per heavy atom. The summed E-state index contributed by atoms with van der Waals surface area (Å²) < 4.78 is 21.2. The maximum atomic E-state index is 11.7. The van der Waals surface area contributed by atoms with E-state index in [1.54, 1.807) is 0 Å². The van der Waals surface area contributed by atoms with Crippen molar-refractivity contribution in [1.29, 1.82) is 0 Å². The zero-order valence-corrected chi connectivity index (χ0v) is 21.1. The van der Waals surface area contributed by atoms with Gasteiger partial charge in [-0.15, -0.1) is 0 Å². The zero-order chi connectivity index (χ0) is 22.0. The number of hydrogen-bond donors (Lipinski definition) is 0. The number of carbonyl (C=O) groups excluding carboxylic acids is 1. The van der Waals surface area contributed by atoms with Crippen molar-refractivity contribution >= 4 is 21.9 Å². The molecule has 0 aromatic heterocycles. The molecule has 0 atom stereocenters. The molecule has 5 nitrogen and oxygen atoms in total. The van der Waals surface area contributed by atoms with Crippen LogP contribution >= 0.6 is 15.9 Å².